The normalized spacial score (nSPS) is 10.4. The van der Waals surface area contributed by atoms with Crippen molar-refractivity contribution in [3.05, 3.63) is 20.3 Å². The first-order valence-corrected chi connectivity index (χ1v) is 5.70. The van der Waals surface area contributed by atoms with Gasteiger partial charge in [0.25, 0.3) is 0 Å². The SMILES string of the molecule is CCCCC(=O)c1cc(Cl)sc1Cl. The third-order valence-electron chi connectivity index (χ3n) is 1.71. The van der Waals surface area contributed by atoms with E-state index in [1.807, 2.05) is 0 Å². The van der Waals surface area contributed by atoms with Crippen LogP contribution in [0, 0.1) is 0 Å². The van der Waals surface area contributed by atoms with Gasteiger partial charge >= 0.3 is 0 Å². The van der Waals surface area contributed by atoms with Crippen molar-refractivity contribution in [2.45, 2.75) is 26.2 Å². The first kappa shape index (κ1) is 11.0. The summed E-state index contributed by atoms with van der Waals surface area (Å²) in [6.45, 7) is 2.05. The minimum atomic E-state index is 0.0926. The van der Waals surface area contributed by atoms with E-state index in [1.54, 1.807) is 6.07 Å². The molecule has 1 heterocycles. The van der Waals surface area contributed by atoms with Crippen LogP contribution in [0.4, 0.5) is 0 Å². The van der Waals surface area contributed by atoms with E-state index in [9.17, 15) is 4.79 Å². The summed E-state index contributed by atoms with van der Waals surface area (Å²) in [5.41, 5.74) is 0.574. The molecule has 0 saturated carbocycles. The maximum absolute atomic E-state index is 11.5. The van der Waals surface area contributed by atoms with Crippen LogP contribution in [-0.4, -0.2) is 5.78 Å². The predicted molar refractivity (Wildman–Crippen MR) is 58.2 cm³/mol. The Balaban J connectivity index is 2.70. The fourth-order valence-electron chi connectivity index (χ4n) is 1.00. The maximum atomic E-state index is 11.5. The maximum Gasteiger partial charge on any atom is 0.165 e. The van der Waals surface area contributed by atoms with Crippen molar-refractivity contribution >= 4 is 40.3 Å². The van der Waals surface area contributed by atoms with E-state index >= 15 is 0 Å². The lowest BCUT2D eigenvalue weighted by atomic mass is 10.1. The van der Waals surface area contributed by atoms with Crippen molar-refractivity contribution in [2.75, 3.05) is 0 Å². The Labute approximate surface area is 91.7 Å². The number of ketones is 1. The summed E-state index contributed by atoms with van der Waals surface area (Å²) in [5, 5.41) is 0. The molecular weight excluding hydrogens is 227 g/mol. The number of halogens is 2. The number of carbonyl (C=O) groups excluding carboxylic acids is 1. The lowest BCUT2D eigenvalue weighted by molar-refractivity contribution is 0.0980. The molecule has 0 aliphatic rings. The van der Waals surface area contributed by atoms with Gasteiger partial charge in [0.15, 0.2) is 5.78 Å². The lowest BCUT2D eigenvalue weighted by Crippen LogP contribution is -1.96. The van der Waals surface area contributed by atoms with Crippen molar-refractivity contribution in [3.8, 4) is 0 Å². The van der Waals surface area contributed by atoms with E-state index in [0.717, 1.165) is 12.8 Å². The lowest BCUT2D eigenvalue weighted by Gasteiger charge is -1.96. The van der Waals surface area contributed by atoms with Gasteiger partial charge in [-0.1, -0.05) is 36.5 Å². The van der Waals surface area contributed by atoms with Crippen LogP contribution in [0.15, 0.2) is 6.07 Å². The molecule has 0 aliphatic carbocycles. The van der Waals surface area contributed by atoms with Crippen LogP contribution in [-0.2, 0) is 0 Å². The predicted octanol–water partition coefficient (Wildman–Crippen LogP) is 4.43. The number of hydrogen-bond donors (Lipinski definition) is 0. The number of rotatable bonds is 4. The zero-order chi connectivity index (χ0) is 9.84. The molecule has 0 fully saturated rings. The van der Waals surface area contributed by atoms with Crippen LogP contribution in [0.5, 0.6) is 0 Å². The van der Waals surface area contributed by atoms with E-state index in [0.29, 0.717) is 20.7 Å². The second-order valence-electron chi connectivity index (χ2n) is 2.76. The summed E-state index contributed by atoms with van der Waals surface area (Å²) in [4.78, 5) is 11.5. The molecule has 1 nitrogen and oxygen atoms in total. The number of Topliss-reactive ketones (excluding diaryl/α,β-unsaturated/α-hetero) is 1. The fraction of sp³-hybridized carbons (Fsp3) is 0.444. The topological polar surface area (TPSA) is 17.1 Å². The molecule has 1 rings (SSSR count). The van der Waals surface area contributed by atoms with Gasteiger partial charge in [0.2, 0.25) is 0 Å². The zero-order valence-corrected chi connectivity index (χ0v) is 9.60. The van der Waals surface area contributed by atoms with E-state index in [4.69, 9.17) is 23.2 Å². The standard InChI is InChI=1S/C9H10Cl2OS/c1-2-3-4-7(12)6-5-8(10)13-9(6)11/h5H,2-4H2,1H3. The molecule has 0 bridgehead atoms. The fourth-order valence-corrected chi connectivity index (χ4v) is 2.50. The van der Waals surface area contributed by atoms with Crippen molar-refractivity contribution in [1.82, 2.24) is 0 Å². The molecule has 1 aromatic heterocycles. The van der Waals surface area contributed by atoms with Crippen molar-refractivity contribution in [1.29, 1.82) is 0 Å². The molecule has 0 saturated heterocycles. The average molecular weight is 237 g/mol. The summed E-state index contributed by atoms with van der Waals surface area (Å²) >= 11 is 12.8. The van der Waals surface area contributed by atoms with Crippen LogP contribution >= 0.6 is 34.5 Å². The largest absolute Gasteiger partial charge is 0.294 e. The van der Waals surface area contributed by atoms with Crippen molar-refractivity contribution < 1.29 is 4.79 Å². The molecule has 0 aromatic carbocycles. The van der Waals surface area contributed by atoms with Gasteiger partial charge in [0.1, 0.15) is 4.34 Å². The van der Waals surface area contributed by atoms with Gasteiger partial charge in [-0.3, -0.25) is 4.79 Å². The Hall–Kier alpha value is -0.0500. The van der Waals surface area contributed by atoms with Crippen LogP contribution in [0.2, 0.25) is 8.67 Å². The highest BCUT2D eigenvalue weighted by Crippen LogP contribution is 2.32. The average Bonchev–Trinajstić information content (AvgIpc) is 2.41. The number of unbranched alkanes of at least 4 members (excludes halogenated alkanes) is 1. The van der Waals surface area contributed by atoms with E-state index in [2.05, 4.69) is 6.92 Å². The highest BCUT2D eigenvalue weighted by atomic mass is 35.5. The monoisotopic (exact) mass is 236 g/mol. The summed E-state index contributed by atoms with van der Waals surface area (Å²) < 4.78 is 1.08. The molecule has 0 amide bonds. The highest BCUT2D eigenvalue weighted by molar-refractivity contribution is 7.20. The number of thiophene rings is 1. The molecule has 0 atom stereocenters. The summed E-state index contributed by atoms with van der Waals surface area (Å²) in [6, 6.07) is 1.65. The first-order valence-electron chi connectivity index (χ1n) is 4.13. The van der Waals surface area contributed by atoms with E-state index in [-0.39, 0.29) is 5.78 Å². The molecule has 0 radical (unpaired) electrons. The molecule has 4 heteroatoms. The quantitative estimate of drug-likeness (QED) is 0.708. The Kier molecular flexibility index (Phi) is 4.23. The van der Waals surface area contributed by atoms with Gasteiger partial charge in [0, 0.05) is 12.0 Å². The molecule has 0 aliphatic heterocycles. The Morgan fingerprint density at radius 3 is 2.69 bits per heavy atom. The third-order valence-corrected chi connectivity index (χ3v) is 3.20. The Morgan fingerprint density at radius 2 is 2.23 bits per heavy atom. The van der Waals surface area contributed by atoms with Gasteiger partial charge in [-0.15, -0.1) is 11.3 Å². The van der Waals surface area contributed by atoms with Gasteiger partial charge in [-0.2, -0.15) is 0 Å². The van der Waals surface area contributed by atoms with Gasteiger partial charge in [-0.25, -0.2) is 0 Å². The summed E-state index contributed by atoms with van der Waals surface area (Å²) in [7, 11) is 0. The third kappa shape index (κ3) is 2.97. The van der Waals surface area contributed by atoms with E-state index < -0.39 is 0 Å². The summed E-state index contributed by atoms with van der Waals surface area (Å²) in [5.74, 6) is 0.0926. The van der Waals surface area contributed by atoms with Gasteiger partial charge in [-0.05, 0) is 12.5 Å². The molecular formula is C9H10Cl2OS. The summed E-state index contributed by atoms with van der Waals surface area (Å²) in [6.07, 6.45) is 2.48. The molecule has 0 spiro atoms. The first-order chi connectivity index (χ1) is 6.15. The van der Waals surface area contributed by atoms with Crippen LogP contribution < -0.4 is 0 Å². The van der Waals surface area contributed by atoms with Crippen LogP contribution in [0.1, 0.15) is 36.5 Å². The molecule has 0 unspecified atom stereocenters. The van der Waals surface area contributed by atoms with Gasteiger partial charge < -0.3 is 0 Å². The Morgan fingerprint density at radius 1 is 1.54 bits per heavy atom. The van der Waals surface area contributed by atoms with Crippen molar-refractivity contribution in [2.24, 2.45) is 0 Å². The second-order valence-corrected chi connectivity index (χ2v) is 5.05. The number of hydrogen-bond acceptors (Lipinski definition) is 2. The number of carbonyl (C=O) groups is 1. The van der Waals surface area contributed by atoms with Gasteiger partial charge in [0.05, 0.1) is 4.34 Å². The zero-order valence-electron chi connectivity index (χ0n) is 7.27. The molecule has 13 heavy (non-hydrogen) atoms. The van der Waals surface area contributed by atoms with Crippen molar-refractivity contribution in [3.63, 3.8) is 0 Å². The molecule has 72 valence electrons. The van der Waals surface area contributed by atoms with E-state index in [1.165, 1.54) is 11.3 Å². The van der Waals surface area contributed by atoms with Crippen LogP contribution in [0.25, 0.3) is 0 Å². The minimum absolute atomic E-state index is 0.0926. The second kappa shape index (κ2) is 4.99. The minimum Gasteiger partial charge on any atom is -0.294 e. The highest BCUT2D eigenvalue weighted by Gasteiger charge is 2.12. The Bertz CT molecular complexity index is 307. The smallest absolute Gasteiger partial charge is 0.165 e. The van der Waals surface area contributed by atoms with Crippen LogP contribution in [0.3, 0.4) is 0 Å². The molecule has 1 aromatic rings. The molecule has 0 N–H and O–H groups in total.